The van der Waals surface area contributed by atoms with E-state index in [1.54, 1.807) is 24.6 Å². The summed E-state index contributed by atoms with van der Waals surface area (Å²) in [5.41, 5.74) is 0. The van der Waals surface area contributed by atoms with Crippen molar-refractivity contribution in [1.82, 2.24) is 4.90 Å². The monoisotopic (exact) mass is 275 g/mol. The topological polar surface area (TPSA) is 3.24 Å². The fraction of sp³-hybridized carbons (Fsp3) is 1.00. The van der Waals surface area contributed by atoms with Crippen molar-refractivity contribution in [2.24, 2.45) is 0 Å². The van der Waals surface area contributed by atoms with Crippen LogP contribution in [0.3, 0.4) is 0 Å². The zero-order valence-corrected chi connectivity index (χ0v) is 14.7. The Morgan fingerprint density at radius 2 is 1.06 bits per heavy atom. The van der Waals surface area contributed by atoms with E-state index in [1.807, 2.05) is 0 Å². The van der Waals surface area contributed by atoms with Crippen LogP contribution in [0.4, 0.5) is 0 Å². The molecular weight excluding hydrogens is 237 g/mol. The van der Waals surface area contributed by atoms with Crippen LogP contribution in [0.25, 0.3) is 0 Å². The molecule has 0 spiro atoms. The van der Waals surface area contributed by atoms with E-state index in [4.69, 9.17) is 0 Å². The molecule has 2 heteroatoms. The molecule has 18 heavy (non-hydrogen) atoms. The second kappa shape index (κ2) is 11.2. The number of nitrogens with zero attached hydrogens (tertiary/aromatic N) is 1. The predicted molar refractivity (Wildman–Crippen MR) is 91.1 cm³/mol. The van der Waals surface area contributed by atoms with Crippen LogP contribution in [0.1, 0.15) is 59.3 Å². The summed E-state index contributed by atoms with van der Waals surface area (Å²) in [7, 11) is 3.51. The van der Waals surface area contributed by atoms with Gasteiger partial charge >= 0.3 is 117 Å². The molecule has 0 aliphatic heterocycles. The second-order valence-electron chi connectivity index (χ2n) is 6.36. The van der Waals surface area contributed by atoms with E-state index in [0.29, 0.717) is 0 Å². The van der Waals surface area contributed by atoms with Crippen molar-refractivity contribution in [1.29, 1.82) is 0 Å². The van der Waals surface area contributed by atoms with Crippen LogP contribution in [0.15, 0.2) is 0 Å². The van der Waals surface area contributed by atoms with Gasteiger partial charge in [-0.2, -0.15) is 0 Å². The molecule has 0 aliphatic carbocycles. The number of hydrogen-bond acceptors (Lipinski definition) is 1. The van der Waals surface area contributed by atoms with Gasteiger partial charge in [0.15, 0.2) is 0 Å². The molecule has 0 saturated carbocycles. The third-order valence-electron chi connectivity index (χ3n) is 4.27. The zero-order chi connectivity index (χ0) is 13.9. The summed E-state index contributed by atoms with van der Waals surface area (Å²) in [6, 6.07) is 0. The fourth-order valence-electron chi connectivity index (χ4n) is 2.87. The summed E-state index contributed by atoms with van der Waals surface area (Å²) in [5, 5.41) is 0. The summed E-state index contributed by atoms with van der Waals surface area (Å²) in [5.74, 6) is 0. The molecule has 0 aromatic rings. The van der Waals surface area contributed by atoms with E-state index in [-0.39, 0.29) is 0 Å². The Morgan fingerprint density at radius 1 is 0.667 bits per heavy atom. The van der Waals surface area contributed by atoms with E-state index in [1.165, 1.54) is 45.1 Å². The van der Waals surface area contributed by atoms with Gasteiger partial charge in [-0.3, -0.25) is 0 Å². The minimum atomic E-state index is -0.963. The third kappa shape index (κ3) is 8.48. The van der Waals surface area contributed by atoms with E-state index in [2.05, 4.69) is 39.8 Å². The van der Waals surface area contributed by atoms with Crippen molar-refractivity contribution < 1.29 is 0 Å². The molecule has 0 unspecified atom stereocenters. The van der Waals surface area contributed by atoms with Crippen LogP contribution >= 0.6 is 7.26 Å². The maximum atomic E-state index is 2.39. The number of unbranched alkanes of at least 4 members (excludes halogenated alkanes) is 3. The second-order valence-corrected chi connectivity index (χ2v) is 11.4. The zero-order valence-electron chi connectivity index (χ0n) is 13.7. The fourth-order valence-corrected chi connectivity index (χ4v) is 8.60. The molecule has 0 aliphatic rings. The molecule has 0 saturated heterocycles. The molecule has 0 atom stereocenters. The van der Waals surface area contributed by atoms with Crippen LogP contribution in [-0.4, -0.2) is 50.2 Å². The van der Waals surface area contributed by atoms with Gasteiger partial charge in [-0.25, -0.2) is 0 Å². The molecule has 0 radical (unpaired) electrons. The van der Waals surface area contributed by atoms with Gasteiger partial charge in [-0.1, -0.05) is 0 Å². The van der Waals surface area contributed by atoms with Gasteiger partial charge in [0.1, 0.15) is 0 Å². The SMILES string of the molecule is CCCC[PH](CCCC)(CCCC)CCN(C)C. The molecule has 1 nitrogen and oxygen atoms in total. The first-order chi connectivity index (χ1) is 8.60. The van der Waals surface area contributed by atoms with Gasteiger partial charge in [-0.15, -0.1) is 0 Å². The summed E-state index contributed by atoms with van der Waals surface area (Å²) >= 11 is 0. The first kappa shape index (κ1) is 18.4. The summed E-state index contributed by atoms with van der Waals surface area (Å²) in [6.07, 6.45) is 14.9. The predicted octanol–water partition coefficient (Wildman–Crippen LogP) is 4.70. The molecule has 0 aromatic carbocycles. The Balaban J connectivity index is 4.51. The summed E-state index contributed by atoms with van der Waals surface area (Å²) in [6.45, 7) is 8.38. The summed E-state index contributed by atoms with van der Waals surface area (Å²) < 4.78 is 0. The normalized spacial score (nSPS) is 13.2. The van der Waals surface area contributed by atoms with Gasteiger partial charge in [0.2, 0.25) is 0 Å². The molecule has 0 fully saturated rings. The van der Waals surface area contributed by atoms with Crippen LogP contribution in [-0.2, 0) is 0 Å². The van der Waals surface area contributed by atoms with Crippen molar-refractivity contribution in [2.45, 2.75) is 59.3 Å². The molecule has 0 amide bonds. The molecule has 0 rings (SSSR count). The van der Waals surface area contributed by atoms with Crippen molar-refractivity contribution >= 4 is 7.26 Å². The van der Waals surface area contributed by atoms with Crippen molar-refractivity contribution in [3.05, 3.63) is 0 Å². The minimum absolute atomic E-state index is 0.963. The van der Waals surface area contributed by atoms with Crippen LogP contribution in [0, 0.1) is 0 Å². The molecule has 0 N–H and O–H groups in total. The molecule has 112 valence electrons. The Hall–Kier alpha value is 0.390. The molecule has 0 aromatic heterocycles. The Labute approximate surface area is 117 Å². The Morgan fingerprint density at radius 3 is 1.33 bits per heavy atom. The van der Waals surface area contributed by atoms with Crippen molar-refractivity contribution in [3.63, 3.8) is 0 Å². The van der Waals surface area contributed by atoms with Crippen molar-refractivity contribution in [3.8, 4) is 0 Å². The van der Waals surface area contributed by atoms with E-state index < -0.39 is 7.26 Å². The van der Waals surface area contributed by atoms with Crippen molar-refractivity contribution in [2.75, 3.05) is 45.3 Å². The van der Waals surface area contributed by atoms with Gasteiger partial charge in [-0.05, 0) is 0 Å². The standard InChI is InChI=1S/C16H38NP/c1-6-9-13-18(14-10-7-2,15-11-8-3)16-12-17(4)5/h18H,6-16H2,1-5H3. The van der Waals surface area contributed by atoms with Crippen LogP contribution in [0.2, 0.25) is 0 Å². The Bertz CT molecular complexity index is 158. The average Bonchev–Trinajstić information content (AvgIpc) is 2.37. The average molecular weight is 275 g/mol. The molecular formula is C16H38NP. The third-order valence-corrected chi connectivity index (χ3v) is 9.80. The Kier molecular flexibility index (Phi) is 11.5. The number of rotatable bonds is 12. The number of hydrogen-bond donors (Lipinski definition) is 0. The van der Waals surface area contributed by atoms with E-state index >= 15 is 0 Å². The molecule has 0 bridgehead atoms. The van der Waals surface area contributed by atoms with Gasteiger partial charge < -0.3 is 0 Å². The first-order valence-electron chi connectivity index (χ1n) is 8.25. The van der Waals surface area contributed by atoms with Gasteiger partial charge in [0, 0.05) is 0 Å². The van der Waals surface area contributed by atoms with Crippen LogP contribution in [0.5, 0.6) is 0 Å². The van der Waals surface area contributed by atoms with E-state index in [0.717, 1.165) is 0 Å². The quantitative estimate of drug-likeness (QED) is 0.467. The van der Waals surface area contributed by atoms with Crippen LogP contribution < -0.4 is 0 Å². The maximum absolute atomic E-state index is 2.39. The van der Waals surface area contributed by atoms with Gasteiger partial charge in [0.25, 0.3) is 0 Å². The molecule has 0 heterocycles. The first-order valence-corrected chi connectivity index (χ1v) is 11.1. The van der Waals surface area contributed by atoms with E-state index in [9.17, 15) is 0 Å². The van der Waals surface area contributed by atoms with Gasteiger partial charge in [0.05, 0.1) is 0 Å². The summed E-state index contributed by atoms with van der Waals surface area (Å²) in [4.78, 5) is 2.39.